The van der Waals surface area contributed by atoms with Gasteiger partial charge in [0.2, 0.25) is 0 Å². The van der Waals surface area contributed by atoms with Crippen molar-refractivity contribution in [1.82, 2.24) is 0 Å². The number of hydrogen-bond acceptors (Lipinski definition) is 1. The zero-order chi connectivity index (χ0) is 6.95. The summed E-state index contributed by atoms with van der Waals surface area (Å²) in [5.41, 5.74) is 0. The summed E-state index contributed by atoms with van der Waals surface area (Å²) in [6.07, 6.45) is 9.34. The quantitative estimate of drug-likeness (QED) is 0.415. The van der Waals surface area contributed by atoms with Crippen LogP contribution in [-0.4, -0.2) is 0 Å². The van der Waals surface area contributed by atoms with Crippen LogP contribution in [-0.2, 0) is 0 Å². The Labute approximate surface area is 56.3 Å². The Balaban J connectivity index is 3.17. The molecule has 0 spiro atoms. The summed E-state index contributed by atoms with van der Waals surface area (Å²) >= 11 is 0. The van der Waals surface area contributed by atoms with Crippen molar-refractivity contribution in [1.29, 1.82) is 5.26 Å². The second-order valence-electron chi connectivity index (χ2n) is 1.65. The van der Waals surface area contributed by atoms with Gasteiger partial charge in [0.25, 0.3) is 0 Å². The minimum absolute atomic E-state index is 0.619. The van der Waals surface area contributed by atoms with Gasteiger partial charge < -0.3 is 0 Å². The molecule has 0 heterocycles. The van der Waals surface area contributed by atoms with Gasteiger partial charge in [-0.1, -0.05) is 24.3 Å². The average Bonchev–Trinajstić information content (AvgIpc) is 1.89. The standard InChI is InChI=1S/C8H11N/c1-2-3-4-5-6-7-8-9/h2-5H,6-7H2,1H3/b3-2+,5-4+. The van der Waals surface area contributed by atoms with E-state index in [-0.39, 0.29) is 0 Å². The number of allylic oxidation sites excluding steroid dienone is 4. The fourth-order valence-electron chi connectivity index (χ4n) is 0.434. The van der Waals surface area contributed by atoms with Crippen LogP contribution in [0, 0.1) is 11.3 Å². The molecule has 0 aliphatic rings. The van der Waals surface area contributed by atoms with E-state index in [9.17, 15) is 0 Å². The van der Waals surface area contributed by atoms with E-state index in [1.165, 1.54) is 0 Å². The van der Waals surface area contributed by atoms with Gasteiger partial charge in [-0.2, -0.15) is 5.26 Å². The number of nitriles is 1. The van der Waals surface area contributed by atoms with Gasteiger partial charge in [-0.25, -0.2) is 0 Å². The smallest absolute Gasteiger partial charge is 0.0625 e. The highest BCUT2D eigenvalue weighted by atomic mass is 14.2. The normalized spacial score (nSPS) is 10.7. The Morgan fingerprint density at radius 2 is 2.22 bits per heavy atom. The van der Waals surface area contributed by atoms with Crippen LogP contribution >= 0.6 is 0 Å². The molecule has 0 aromatic rings. The van der Waals surface area contributed by atoms with E-state index in [1.807, 2.05) is 31.2 Å². The highest BCUT2D eigenvalue weighted by Crippen LogP contribution is 1.88. The molecule has 0 aliphatic carbocycles. The summed E-state index contributed by atoms with van der Waals surface area (Å²) in [4.78, 5) is 0. The zero-order valence-corrected chi connectivity index (χ0v) is 5.67. The molecule has 0 fully saturated rings. The Bertz CT molecular complexity index is 137. The summed E-state index contributed by atoms with van der Waals surface area (Å²) in [5, 5.41) is 8.12. The summed E-state index contributed by atoms with van der Waals surface area (Å²) in [7, 11) is 0. The predicted octanol–water partition coefficient (Wildman–Crippen LogP) is 2.42. The van der Waals surface area contributed by atoms with Crippen LogP contribution < -0.4 is 0 Å². The molecule has 0 aromatic carbocycles. The molecule has 48 valence electrons. The van der Waals surface area contributed by atoms with Crippen molar-refractivity contribution in [3.8, 4) is 6.07 Å². The summed E-state index contributed by atoms with van der Waals surface area (Å²) in [5.74, 6) is 0. The van der Waals surface area contributed by atoms with Crippen molar-refractivity contribution < 1.29 is 0 Å². The summed E-state index contributed by atoms with van der Waals surface area (Å²) < 4.78 is 0. The van der Waals surface area contributed by atoms with Crippen molar-refractivity contribution >= 4 is 0 Å². The summed E-state index contributed by atoms with van der Waals surface area (Å²) in [6, 6.07) is 2.07. The molecule has 0 atom stereocenters. The van der Waals surface area contributed by atoms with Gasteiger partial charge in [0.05, 0.1) is 6.07 Å². The van der Waals surface area contributed by atoms with Crippen LogP contribution in [0.2, 0.25) is 0 Å². The maximum absolute atomic E-state index is 8.12. The molecule has 0 saturated carbocycles. The molecule has 0 N–H and O–H groups in total. The van der Waals surface area contributed by atoms with Crippen LogP contribution in [0.3, 0.4) is 0 Å². The van der Waals surface area contributed by atoms with E-state index >= 15 is 0 Å². The number of nitrogens with zero attached hydrogens (tertiary/aromatic N) is 1. The first-order valence-electron chi connectivity index (χ1n) is 3.06. The fourth-order valence-corrected chi connectivity index (χ4v) is 0.434. The first-order chi connectivity index (χ1) is 4.41. The number of unbranched alkanes of at least 4 members (excludes halogenated alkanes) is 1. The highest BCUT2D eigenvalue weighted by Gasteiger charge is 1.72. The van der Waals surface area contributed by atoms with Crippen LogP contribution in [0.15, 0.2) is 24.3 Å². The van der Waals surface area contributed by atoms with Gasteiger partial charge >= 0.3 is 0 Å². The summed E-state index contributed by atoms with van der Waals surface area (Å²) in [6.45, 7) is 1.97. The molecule has 0 bridgehead atoms. The lowest BCUT2D eigenvalue weighted by Crippen LogP contribution is -1.61. The van der Waals surface area contributed by atoms with Gasteiger partial charge in [-0.3, -0.25) is 0 Å². The van der Waals surface area contributed by atoms with Crippen LogP contribution in [0.1, 0.15) is 19.8 Å². The highest BCUT2D eigenvalue weighted by molar-refractivity contribution is 5.01. The third-order valence-corrected chi connectivity index (χ3v) is 0.862. The molecule has 0 unspecified atom stereocenters. The molecule has 0 saturated heterocycles. The van der Waals surface area contributed by atoms with Gasteiger partial charge in [0.1, 0.15) is 0 Å². The lowest BCUT2D eigenvalue weighted by molar-refractivity contribution is 1.06. The van der Waals surface area contributed by atoms with Crippen molar-refractivity contribution in [2.45, 2.75) is 19.8 Å². The average molecular weight is 121 g/mol. The Kier molecular flexibility index (Phi) is 6.17. The Morgan fingerprint density at radius 3 is 2.78 bits per heavy atom. The molecule has 0 aliphatic heterocycles. The molecule has 0 radical (unpaired) electrons. The monoisotopic (exact) mass is 121 g/mol. The minimum Gasteiger partial charge on any atom is -0.198 e. The van der Waals surface area contributed by atoms with Crippen LogP contribution in [0.25, 0.3) is 0 Å². The van der Waals surface area contributed by atoms with Crippen molar-refractivity contribution in [2.24, 2.45) is 0 Å². The largest absolute Gasteiger partial charge is 0.198 e. The Hall–Kier alpha value is -1.03. The first kappa shape index (κ1) is 7.97. The minimum atomic E-state index is 0.619. The van der Waals surface area contributed by atoms with Crippen LogP contribution in [0.4, 0.5) is 0 Å². The molecule has 0 rings (SSSR count). The fraction of sp³-hybridized carbons (Fsp3) is 0.375. The topological polar surface area (TPSA) is 23.8 Å². The SMILES string of the molecule is C/C=C/C=C/CCC#N. The van der Waals surface area contributed by atoms with Gasteiger partial charge in [-0.15, -0.1) is 0 Å². The van der Waals surface area contributed by atoms with Crippen molar-refractivity contribution in [3.63, 3.8) is 0 Å². The zero-order valence-electron chi connectivity index (χ0n) is 5.67. The second-order valence-corrected chi connectivity index (χ2v) is 1.65. The van der Waals surface area contributed by atoms with Crippen molar-refractivity contribution in [2.75, 3.05) is 0 Å². The third-order valence-electron chi connectivity index (χ3n) is 0.862. The van der Waals surface area contributed by atoms with Crippen LogP contribution in [0.5, 0.6) is 0 Å². The maximum atomic E-state index is 8.12. The van der Waals surface area contributed by atoms with Crippen molar-refractivity contribution in [3.05, 3.63) is 24.3 Å². The molecular formula is C8H11N. The molecule has 0 aromatic heterocycles. The van der Waals surface area contributed by atoms with E-state index in [0.29, 0.717) is 6.42 Å². The molecule has 0 amide bonds. The van der Waals surface area contributed by atoms with Gasteiger partial charge in [0, 0.05) is 6.42 Å². The third kappa shape index (κ3) is 6.97. The van der Waals surface area contributed by atoms with E-state index in [0.717, 1.165) is 6.42 Å². The first-order valence-corrected chi connectivity index (χ1v) is 3.06. The molecule has 9 heavy (non-hydrogen) atoms. The molecular weight excluding hydrogens is 110 g/mol. The maximum Gasteiger partial charge on any atom is 0.0625 e. The van der Waals surface area contributed by atoms with E-state index in [4.69, 9.17) is 5.26 Å². The Morgan fingerprint density at radius 1 is 1.44 bits per heavy atom. The van der Waals surface area contributed by atoms with E-state index < -0.39 is 0 Å². The molecule has 1 heteroatoms. The van der Waals surface area contributed by atoms with Gasteiger partial charge in [0.15, 0.2) is 0 Å². The van der Waals surface area contributed by atoms with Gasteiger partial charge in [-0.05, 0) is 13.3 Å². The number of hydrogen-bond donors (Lipinski definition) is 0. The lowest BCUT2D eigenvalue weighted by atomic mass is 10.3. The lowest BCUT2D eigenvalue weighted by Gasteiger charge is -1.76. The molecule has 1 nitrogen and oxygen atoms in total. The predicted molar refractivity (Wildman–Crippen MR) is 38.8 cm³/mol. The van der Waals surface area contributed by atoms with E-state index in [2.05, 4.69) is 6.07 Å². The van der Waals surface area contributed by atoms with E-state index in [1.54, 1.807) is 0 Å². The second kappa shape index (κ2) is 6.97. The number of rotatable bonds is 3.